The lowest BCUT2D eigenvalue weighted by molar-refractivity contribution is -0.670. The average Bonchev–Trinajstić information content (AvgIpc) is 2.21. The molecule has 0 fully saturated rings. The van der Waals surface area contributed by atoms with Crippen LogP contribution >= 0.6 is 0 Å². The molecule has 0 aliphatic rings. The lowest BCUT2D eigenvalue weighted by Crippen LogP contribution is -1.88. The van der Waals surface area contributed by atoms with Gasteiger partial charge >= 0.3 is 0 Å². The average molecular weight is 167 g/mol. The van der Waals surface area contributed by atoms with Crippen molar-refractivity contribution in [1.29, 1.82) is 0 Å². The van der Waals surface area contributed by atoms with Gasteiger partial charge in [-0.15, -0.1) is 0 Å². The molecule has 0 radical (unpaired) electrons. The quantitative estimate of drug-likeness (QED) is 0.541. The molecule has 1 unspecified atom stereocenters. The van der Waals surface area contributed by atoms with Gasteiger partial charge in [0.25, 0.3) is 0 Å². The summed E-state index contributed by atoms with van der Waals surface area (Å²) in [5.74, 6) is 0.709. The summed E-state index contributed by atoms with van der Waals surface area (Å²) in [7, 11) is 0. The summed E-state index contributed by atoms with van der Waals surface area (Å²) in [4.78, 5) is 0. The van der Waals surface area contributed by atoms with Crippen LogP contribution in [0.5, 0.6) is 0 Å². The van der Waals surface area contributed by atoms with Crippen LogP contribution in [0.25, 0.3) is 0 Å². The largest absolute Gasteiger partial charge is 0.727 e. The van der Waals surface area contributed by atoms with Gasteiger partial charge in [-0.1, -0.05) is 44.2 Å². The Bertz CT molecular complexity index is 184. The zero-order valence-corrected chi connectivity index (χ0v) is 7.53. The minimum absolute atomic E-state index is 0.709. The fraction of sp³-hybridized carbons (Fsp3) is 0.400. The number of rotatable bonds is 2. The molecule has 1 rings (SSSR count). The molecular weight excluding hydrogens is 152 g/mol. The Morgan fingerprint density at radius 1 is 1.25 bits per heavy atom. The van der Waals surface area contributed by atoms with E-state index in [2.05, 4.69) is 44.2 Å². The van der Waals surface area contributed by atoms with Crippen molar-refractivity contribution < 1.29 is 10.5 Å². The summed E-state index contributed by atoms with van der Waals surface area (Å²) >= 11 is 0. The molecule has 1 aromatic carbocycles. The van der Waals surface area contributed by atoms with E-state index in [1.165, 1.54) is 12.0 Å². The van der Waals surface area contributed by atoms with Gasteiger partial charge in [0.05, 0.1) is 0 Å². The van der Waals surface area contributed by atoms with Gasteiger partial charge in [-0.3, -0.25) is 0 Å². The highest BCUT2D eigenvalue weighted by Gasteiger charge is 1.98. The molecule has 68 valence electrons. The van der Waals surface area contributed by atoms with Crippen molar-refractivity contribution in [3.8, 4) is 0 Å². The van der Waals surface area contributed by atoms with Gasteiger partial charge < -0.3 is 10.5 Å². The van der Waals surface area contributed by atoms with Gasteiger partial charge in [0, 0.05) is 0 Å². The second-order valence-electron chi connectivity index (χ2n) is 2.72. The molecule has 2 nitrogen and oxygen atoms in total. The normalized spacial score (nSPS) is 11.3. The van der Waals surface area contributed by atoms with Crippen LogP contribution in [0, 0.1) is 0 Å². The molecule has 0 aromatic heterocycles. The fourth-order valence-corrected chi connectivity index (χ4v) is 1.02. The van der Waals surface area contributed by atoms with E-state index in [-0.39, 0.29) is 0 Å². The van der Waals surface area contributed by atoms with Gasteiger partial charge in [0.2, 0.25) is 0 Å². The third-order valence-electron chi connectivity index (χ3n) is 1.98. The lowest BCUT2D eigenvalue weighted by atomic mass is 9.99. The first-order chi connectivity index (χ1) is 5.84. The van der Waals surface area contributed by atoms with Crippen molar-refractivity contribution >= 4 is 0 Å². The molecule has 0 aliphatic carbocycles. The molecule has 2 heteroatoms. The van der Waals surface area contributed by atoms with Crippen molar-refractivity contribution in [2.75, 3.05) is 0 Å². The van der Waals surface area contributed by atoms with Crippen LogP contribution in [-0.2, 0) is 0 Å². The van der Waals surface area contributed by atoms with Gasteiger partial charge in [0.15, 0.2) is 0 Å². The van der Waals surface area contributed by atoms with Crippen LogP contribution in [-0.4, -0.2) is 5.26 Å². The van der Waals surface area contributed by atoms with Crippen molar-refractivity contribution in [3.05, 3.63) is 35.9 Å². The van der Waals surface area contributed by atoms with E-state index >= 15 is 0 Å². The van der Waals surface area contributed by atoms with Gasteiger partial charge in [0.1, 0.15) is 0 Å². The van der Waals surface area contributed by atoms with E-state index in [0.717, 1.165) is 0 Å². The second kappa shape index (κ2) is 6.83. The van der Waals surface area contributed by atoms with Crippen LogP contribution in [0.3, 0.4) is 0 Å². The summed E-state index contributed by atoms with van der Waals surface area (Å²) in [6, 6.07) is 10.6. The zero-order chi connectivity index (χ0) is 9.40. The van der Waals surface area contributed by atoms with Crippen molar-refractivity contribution in [1.82, 2.24) is 0 Å². The van der Waals surface area contributed by atoms with Crippen LogP contribution in [0.4, 0.5) is 0 Å². The van der Waals surface area contributed by atoms with Crippen molar-refractivity contribution in [2.45, 2.75) is 26.2 Å². The number of benzene rings is 1. The van der Waals surface area contributed by atoms with Crippen LogP contribution < -0.4 is 5.26 Å². The van der Waals surface area contributed by atoms with E-state index in [1.54, 1.807) is 0 Å². The Balaban J connectivity index is 0.000000561. The molecule has 1 aromatic rings. The molecule has 0 saturated carbocycles. The Morgan fingerprint density at radius 2 is 1.75 bits per heavy atom. The molecule has 0 saturated heterocycles. The molecule has 0 bridgehead atoms. The number of hydrogen-bond donors (Lipinski definition) is 1. The third-order valence-corrected chi connectivity index (χ3v) is 1.98. The van der Waals surface area contributed by atoms with Gasteiger partial charge in [-0.2, -0.15) is 0 Å². The summed E-state index contributed by atoms with van der Waals surface area (Å²) in [5.41, 5.74) is 1.45. The van der Waals surface area contributed by atoms with Crippen LogP contribution in [0.15, 0.2) is 30.3 Å². The lowest BCUT2D eigenvalue weighted by Gasteiger charge is -2.06. The molecule has 12 heavy (non-hydrogen) atoms. The smallest absolute Gasteiger partial charge is 0.0193 e. The predicted octanol–water partition coefficient (Wildman–Crippen LogP) is 2.02. The molecule has 0 aliphatic heterocycles. The summed E-state index contributed by atoms with van der Waals surface area (Å²) in [6.07, 6.45) is 1.23. The maximum absolute atomic E-state index is 7.25. The summed E-state index contributed by atoms with van der Waals surface area (Å²) in [5, 5.41) is 13.0. The molecule has 1 N–H and O–H groups in total. The zero-order valence-electron chi connectivity index (χ0n) is 7.53. The summed E-state index contributed by atoms with van der Waals surface area (Å²) < 4.78 is 0. The topological polar surface area (TPSA) is 43.3 Å². The molecular formula is C10H15O2-. The van der Waals surface area contributed by atoms with E-state index in [4.69, 9.17) is 10.5 Å². The van der Waals surface area contributed by atoms with Crippen LogP contribution in [0.2, 0.25) is 0 Å². The fourth-order valence-electron chi connectivity index (χ4n) is 1.02. The molecule has 0 amide bonds. The highest BCUT2D eigenvalue weighted by atomic mass is 17.0. The Hall–Kier alpha value is -0.860. The van der Waals surface area contributed by atoms with Crippen molar-refractivity contribution in [3.63, 3.8) is 0 Å². The molecule has 1 atom stereocenters. The van der Waals surface area contributed by atoms with Crippen LogP contribution in [0.1, 0.15) is 31.7 Å². The maximum Gasteiger partial charge on any atom is -0.0193 e. The Labute approximate surface area is 73.4 Å². The van der Waals surface area contributed by atoms with E-state index in [9.17, 15) is 0 Å². The van der Waals surface area contributed by atoms with Gasteiger partial charge in [-0.05, 0) is 17.9 Å². The minimum Gasteiger partial charge on any atom is -0.727 e. The SMILES string of the molecule is CCC(C)c1ccccc1.[O-]O. The Kier molecular flexibility index (Phi) is 6.34. The maximum atomic E-state index is 7.25. The second-order valence-corrected chi connectivity index (χ2v) is 2.72. The van der Waals surface area contributed by atoms with Crippen molar-refractivity contribution in [2.24, 2.45) is 0 Å². The van der Waals surface area contributed by atoms with E-state index in [1.807, 2.05) is 0 Å². The first kappa shape index (κ1) is 11.1. The first-order valence-electron chi connectivity index (χ1n) is 4.07. The third kappa shape index (κ3) is 3.51. The standard InChI is InChI=1S/C10H14.H2O2/c1-3-9(2)10-7-5-4-6-8-10;1-2/h4-9H,3H2,1-2H3;1-2H/p-1. The monoisotopic (exact) mass is 167 g/mol. The first-order valence-corrected chi connectivity index (χ1v) is 4.07. The number of hydrogen-bond acceptors (Lipinski definition) is 2. The van der Waals surface area contributed by atoms with Gasteiger partial charge in [-0.25, -0.2) is 0 Å². The van der Waals surface area contributed by atoms with E-state index < -0.39 is 0 Å². The Morgan fingerprint density at radius 3 is 2.17 bits per heavy atom. The highest BCUT2D eigenvalue weighted by molar-refractivity contribution is 5.18. The molecule has 0 heterocycles. The minimum atomic E-state index is 0.709. The predicted molar refractivity (Wildman–Crippen MR) is 47.8 cm³/mol. The van der Waals surface area contributed by atoms with E-state index in [0.29, 0.717) is 5.92 Å². The highest BCUT2D eigenvalue weighted by Crippen LogP contribution is 2.16. The summed E-state index contributed by atoms with van der Waals surface area (Å²) in [6.45, 7) is 4.48. The molecule has 0 spiro atoms.